The Bertz CT molecular complexity index is 587. The summed E-state index contributed by atoms with van der Waals surface area (Å²) in [6.07, 6.45) is 1.43. The third-order valence-corrected chi connectivity index (χ3v) is 2.34. The van der Waals surface area contributed by atoms with Crippen molar-refractivity contribution in [1.82, 2.24) is 14.8 Å². The number of halogens is 2. The van der Waals surface area contributed by atoms with Crippen LogP contribution in [0.25, 0.3) is 5.82 Å². The van der Waals surface area contributed by atoms with Crippen molar-refractivity contribution in [2.75, 3.05) is 6.86 Å². The van der Waals surface area contributed by atoms with Crippen LogP contribution >= 0.6 is 11.6 Å². The van der Waals surface area contributed by atoms with Gasteiger partial charge in [0.1, 0.15) is 0 Å². The van der Waals surface area contributed by atoms with E-state index in [9.17, 15) is 9.18 Å². The van der Waals surface area contributed by atoms with E-state index in [4.69, 9.17) is 16.7 Å². The lowest BCUT2D eigenvalue weighted by atomic mass is 10.4. The number of nitrogens with zero attached hydrogens (tertiary/aromatic N) is 3. The summed E-state index contributed by atoms with van der Waals surface area (Å²) in [5.41, 5.74) is -0.223. The van der Waals surface area contributed by atoms with E-state index in [-0.39, 0.29) is 22.4 Å². The molecule has 0 bridgehead atoms. The highest BCUT2D eigenvalue weighted by molar-refractivity contribution is 6.32. The van der Waals surface area contributed by atoms with Crippen molar-refractivity contribution in [3.05, 3.63) is 35.1 Å². The van der Waals surface area contributed by atoms with Gasteiger partial charge in [-0.1, -0.05) is 11.6 Å². The molecule has 2 aromatic heterocycles. The minimum absolute atomic E-state index is 0.130. The first-order valence-electron chi connectivity index (χ1n) is 4.76. The number of rotatable bonds is 4. The monoisotopic (exact) mass is 271 g/mol. The first-order chi connectivity index (χ1) is 8.63. The number of aromatic nitrogens is 3. The van der Waals surface area contributed by atoms with E-state index in [1.54, 1.807) is 6.07 Å². The van der Waals surface area contributed by atoms with Crippen LogP contribution in [0.1, 0.15) is 10.5 Å². The molecule has 94 valence electrons. The molecule has 0 aliphatic carbocycles. The van der Waals surface area contributed by atoms with Gasteiger partial charge < -0.3 is 9.84 Å². The highest BCUT2D eigenvalue weighted by atomic mass is 35.5. The largest absolute Gasteiger partial charge is 0.477 e. The Morgan fingerprint density at radius 2 is 2.39 bits per heavy atom. The van der Waals surface area contributed by atoms with Crippen LogP contribution in [0, 0.1) is 0 Å². The molecule has 0 amide bonds. The molecule has 2 heterocycles. The summed E-state index contributed by atoms with van der Waals surface area (Å²) in [5.74, 6) is -1.28. The first kappa shape index (κ1) is 12.3. The van der Waals surface area contributed by atoms with Gasteiger partial charge in [-0.15, -0.1) is 5.10 Å². The first-order valence-corrected chi connectivity index (χ1v) is 5.14. The third kappa shape index (κ3) is 2.25. The van der Waals surface area contributed by atoms with E-state index in [1.165, 1.54) is 12.3 Å². The van der Waals surface area contributed by atoms with Crippen LogP contribution in [-0.2, 0) is 0 Å². The van der Waals surface area contributed by atoms with Crippen LogP contribution in [0.3, 0.4) is 0 Å². The Morgan fingerprint density at radius 3 is 3.00 bits per heavy atom. The van der Waals surface area contributed by atoms with Crippen molar-refractivity contribution >= 4 is 17.6 Å². The Kier molecular flexibility index (Phi) is 3.42. The molecule has 0 fully saturated rings. The van der Waals surface area contributed by atoms with E-state index < -0.39 is 12.8 Å². The molecule has 0 radical (unpaired) electrons. The molecule has 0 saturated heterocycles. The lowest BCUT2D eigenvalue weighted by molar-refractivity contribution is 0.0686. The molecule has 1 N–H and O–H groups in total. The minimum Gasteiger partial charge on any atom is -0.477 e. The van der Waals surface area contributed by atoms with Gasteiger partial charge in [-0.3, -0.25) is 0 Å². The molecule has 2 aromatic rings. The molecular formula is C10H7ClFN3O3. The standard InChI is InChI=1S/C10H7ClFN3O3/c11-6-2-1-3-13-9(6)15-7(10(16)17)4-8(14-15)18-5-12/h1-4H,5H2,(H,16,17). The average Bonchev–Trinajstić information content (AvgIpc) is 2.74. The Balaban J connectivity index is 2.55. The third-order valence-electron chi connectivity index (χ3n) is 2.05. The van der Waals surface area contributed by atoms with E-state index >= 15 is 0 Å². The maximum atomic E-state index is 12.0. The number of carboxylic acids is 1. The second-order valence-electron chi connectivity index (χ2n) is 3.15. The predicted molar refractivity (Wildman–Crippen MR) is 59.9 cm³/mol. The molecule has 2 rings (SSSR count). The summed E-state index contributed by atoms with van der Waals surface area (Å²) in [6, 6.07) is 4.22. The highest BCUT2D eigenvalue weighted by Crippen LogP contribution is 2.21. The number of carboxylic acid groups (broad SMARTS) is 1. The topological polar surface area (TPSA) is 77.2 Å². The maximum Gasteiger partial charge on any atom is 0.354 e. The summed E-state index contributed by atoms with van der Waals surface area (Å²) in [5, 5.41) is 13.0. The summed E-state index contributed by atoms with van der Waals surface area (Å²) in [4.78, 5) is 15.0. The Morgan fingerprint density at radius 1 is 1.61 bits per heavy atom. The number of aromatic carboxylic acids is 1. The normalized spacial score (nSPS) is 10.3. The Hall–Kier alpha value is -2.15. The molecule has 8 heteroatoms. The average molecular weight is 272 g/mol. The lowest BCUT2D eigenvalue weighted by Gasteiger charge is -2.04. The lowest BCUT2D eigenvalue weighted by Crippen LogP contribution is -2.09. The number of hydrogen-bond acceptors (Lipinski definition) is 4. The van der Waals surface area contributed by atoms with E-state index in [0.717, 1.165) is 10.7 Å². The number of alkyl halides is 1. The second-order valence-corrected chi connectivity index (χ2v) is 3.55. The molecule has 0 spiro atoms. The van der Waals surface area contributed by atoms with Crippen LogP contribution in [0.5, 0.6) is 5.88 Å². The van der Waals surface area contributed by atoms with Crippen LogP contribution in [-0.4, -0.2) is 32.7 Å². The van der Waals surface area contributed by atoms with Gasteiger partial charge in [0.25, 0.3) is 0 Å². The van der Waals surface area contributed by atoms with Gasteiger partial charge in [0.05, 0.1) is 5.02 Å². The summed E-state index contributed by atoms with van der Waals surface area (Å²) in [6.45, 7) is -1.11. The minimum atomic E-state index is -1.25. The predicted octanol–water partition coefficient (Wildman–Crippen LogP) is 1.92. The second kappa shape index (κ2) is 5.01. The Labute approximate surface area is 106 Å². The van der Waals surface area contributed by atoms with E-state index in [2.05, 4.69) is 14.8 Å². The fourth-order valence-corrected chi connectivity index (χ4v) is 1.53. The van der Waals surface area contributed by atoms with Gasteiger partial charge in [0, 0.05) is 12.3 Å². The molecule has 0 atom stereocenters. The number of carbonyl (C=O) groups is 1. The van der Waals surface area contributed by atoms with E-state index in [1.807, 2.05) is 0 Å². The number of pyridine rings is 1. The zero-order chi connectivity index (χ0) is 13.1. The van der Waals surface area contributed by atoms with Gasteiger partial charge in [-0.25, -0.2) is 18.9 Å². The van der Waals surface area contributed by atoms with Crippen molar-refractivity contribution in [1.29, 1.82) is 0 Å². The molecule has 0 aromatic carbocycles. The number of hydrogen-bond donors (Lipinski definition) is 1. The summed E-state index contributed by atoms with van der Waals surface area (Å²) < 4.78 is 17.5. The van der Waals surface area contributed by atoms with Crippen LogP contribution < -0.4 is 4.74 Å². The van der Waals surface area contributed by atoms with Crippen molar-refractivity contribution < 1.29 is 19.0 Å². The highest BCUT2D eigenvalue weighted by Gasteiger charge is 2.18. The number of ether oxygens (including phenoxy) is 1. The van der Waals surface area contributed by atoms with Gasteiger partial charge in [-0.05, 0) is 12.1 Å². The van der Waals surface area contributed by atoms with Crippen LogP contribution in [0.15, 0.2) is 24.4 Å². The zero-order valence-corrected chi connectivity index (χ0v) is 9.63. The van der Waals surface area contributed by atoms with Gasteiger partial charge in [0.15, 0.2) is 11.5 Å². The maximum absolute atomic E-state index is 12.0. The van der Waals surface area contributed by atoms with Crippen molar-refractivity contribution in [3.8, 4) is 11.7 Å². The van der Waals surface area contributed by atoms with Gasteiger partial charge in [-0.2, -0.15) is 0 Å². The molecule has 6 nitrogen and oxygen atoms in total. The smallest absolute Gasteiger partial charge is 0.354 e. The molecule has 18 heavy (non-hydrogen) atoms. The molecule has 0 aliphatic heterocycles. The molecule has 0 saturated carbocycles. The fourth-order valence-electron chi connectivity index (χ4n) is 1.33. The molecule has 0 aliphatic rings. The fraction of sp³-hybridized carbons (Fsp3) is 0.100. The molecule has 0 unspecified atom stereocenters. The van der Waals surface area contributed by atoms with Crippen LogP contribution in [0.2, 0.25) is 5.02 Å². The van der Waals surface area contributed by atoms with Crippen molar-refractivity contribution in [2.45, 2.75) is 0 Å². The quantitative estimate of drug-likeness (QED) is 0.919. The van der Waals surface area contributed by atoms with Crippen LogP contribution in [0.4, 0.5) is 4.39 Å². The van der Waals surface area contributed by atoms with Gasteiger partial charge >= 0.3 is 5.97 Å². The van der Waals surface area contributed by atoms with Crippen molar-refractivity contribution in [3.63, 3.8) is 0 Å². The molecular weight excluding hydrogens is 265 g/mol. The van der Waals surface area contributed by atoms with Gasteiger partial charge in [0.2, 0.25) is 12.7 Å². The van der Waals surface area contributed by atoms with Crippen molar-refractivity contribution in [2.24, 2.45) is 0 Å². The van der Waals surface area contributed by atoms with E-state index in [0.29, 0.717) is 0 Å². The zero-order valence-electron chi connectivity index (χ0n) is 8.88. The summed E-state index contributed by atoms with van der Waals surface area (Å²) in [7, 11) is 0. The summed E-state index contributed by atoms with van der Waals surface area (Å²) >= 11 is 5.89. The SMILES string of the molecule is O=C(O)c1cc(OCF)nn1-c1ncccc1Cl.